The highest BCUT2D eigenvalue weighted by molar-refractivity contribution is 8.13. The Morgan fingerprint density at radius 2 is 1.94 bits per heavy atom. The van der Waals surface area contributed by atoms with Gasteiger partial charge >= 0.3 is 0 Å². The molecule has 0 fully saturated rings. The van der Waals surface area contributed by atoms with Gasteiger partial charge in [0.1, 0.15) is 4.90 Å². The molecule has 0 spiro atoms. The summed E-state index contributed by atoms with van der Waals surface area (Å²) >= 11 is 6.03. The summed E-state index contributed by atoms with van der Waals surface area (Å²) in [6.07, 6.45) is 1.23. The predicted octanol–water partition coefficient (Wildman–Crippen LogP) is 3.07. The van der Waals surface area contributed by atoms with Crippen LogP contribution in [0.15, 0.2) is 29.3 Å². The van der Waals surface area contributed by atoms with Crippen LogP contribution in [-0.4, -0.2) is 18.2 Å². The van der Waals surface area contributed by atoms with Gasteiger partial charge < -0.3 is 0 Å². The van der Waals surface area contributed by atoms with E-state index in [2.05, 4.69) is 5.10 Å². The number of halogens is 2. The van der Waals surface area contributed by atoms with Gasteiger partial charge in [0.25, 0.3) is 9.05 Å². The smallest absolute Gasteiger partial charge is 0.237 e. The first kappa shape index (κ1) is 13.4. The van der Waals surface area contributed by atoms with Crippen molar-refractivity contribution in [2.24, 2.45) is 0 Å². The minimum Gasteiger partial charge on any atom is -0.237 e. The van der Waals surface area contributed by atoms with Gasteiger partial charge in [-0.2, -0.15) is 5.10 Å². The van der Waals surface area contributed by atoms with E-state index in [0.717, 1.165) is 5.56 Å². The van der Waals surface area contributed by atoms with E-state index >= 15 is 0 Å². The third-order valence-electron chi connectivity index (χ3n) is 2.63. The average molecular weight is 305 g/mol. The van der Waals surface area contributed by atoms with Gasteiger partial charge in [-0.3, -0.25) is 0 Å². The Morgan fingerprint density at radius 3 is 2.44 bits per heavy atom. The van der Waals surface area contributed by atoms with Crippen LogP contribution >= 0.6 is 22.3 Å². The summed E-state index contributed by atoms with van der Waals surface area (Å²) in [4.78, 5) is 0.000800. The number of rotatable bonds is 2. The third-order valence-corrected chi connectivity index (χ3v) is 4.46. The van der Waals surface area contributed by atoms with Gasteiger partial charge in [0.15, 0.2) is 0 Å². The number of benzene rings is 1. The normalized spacial score (nSPS) is 11.8. The van der Waals surface area contributed by atoms with Crippen LogP contribution in [0, 0.1) is 13.8 Å². The van der Waals surface area contributed by atoms with Crippen molar-refractivity contribution in [1.82, 2.24) is 9.78 Å². The van der Waals surface area contributed by atoms with Crippen molar-refractivity contribution in [2.75, 3.05) is 0 Å². The fourth-order valence-electron chi connectivity index (χ4n) is 1.61. The molecule has 96 valence electrons. The third kappa shape index (κ3) is 2.39. The molecule has 0 aliphatic heterocycles. The van der Waals surface area contributed by atoms with Crippen molar-refractivity contribution in [1.29, 1.82) is 0 Å². The zero-order chi connectivity index (χ0) is 13.5. The van der Waals surface area contributed by atoms with E-state index in [9.17, 15) is 8.42 Å². The maximum atomic E-state index is 11.3. The molecule has 0 bridgehead atoms. The van der Waals surface area contributed by atoms with Crippen molar-refractivity contribution < 1.29 is 8.42 Å². The van der Waals surface area contributed by atoms with E-state index in [-0.39, 0.29) is 4.90 Å². The molecule has 0 saturated heterocycles. The first-order valence-electron chi connectivity index (χ1n) is 5.06. The molecule has 1 aromatic heterocycles. The number of aryl methyl sites for hydroxylation is 1. The van der Waals surface area contributed by atoms with Gasteiger partial charge in [-0.25, -0.2) is 13.1 Å². The number of hydrogen-bond donors (Lipinski definition) is 0. The van der Waals surface area contributed by atoms with Crippen LogP contribution in [-0.2, 0) is 9.05 Å². The molecule has 2 rings (SSSR count). The van der Waals surface area contributed by atoms with Crippen LogP contribution in [0.5, 0.6) is 0 Å². The summed E-state index contributed by atoms with van der Waals surface area (Å²) in [5, 5.41) is 4.61. The molecule has 18 heavy (non-hydrogen) atoms. The largest absolute Gasteiger partial charge is 0.264 e. The molecule has 1 heterocycles. The Balaban J connectivity index is 2.59. The quantitative estimate of drug-likeness (QED) is 0.801. The molecule has 0 amide bonds. The Bertz CT molecular complexity index is 708. The van der Waals surface area contributed by atoms with Gasteiger partial charge in [-0.15, -0.1) is 0 Å². The molecule has 2 aromatic rings. The SMILES string of the molecule is Cc1ccc(-n2ncc(S(=O)(=O)Cl)c2C)cc1Cl. The fraction of sp³-hybridized carbons (Fsp3) is 0.182. The minimum atomic E-state index is -3.78. The molecule has 1 aromatic carbocycles. The van der Waals surface area contributed by atoms with E-state index in [1.165, 1.54) is 10.9 Å². The second-order valence-electron chi connectivity index (χ2n) is 3.88. The van der Waals surface area contributed by atoms with Crippen LogP contribution in [0.3, 0.4) is 0 Å². The fourth-order valence-corrected chi connectivity index (χ4v) is 2.85. The van der Waals surface area contributed by atoms with Crippen molar-refractivity contribution in [3.05, 3.63) is 40.7 Å². The first-order valence-corrected chi connectivity index (χ1v) is 7.75. The molecule has 0 N–H and O–H groups in total. The molecule has 4 nitrogen and oxygen atoms in total. The lowest BCUT2D eigenvalue weighted by molar-refractivity contribution is 0.609. The maximum absolute atomic E-state index is 11.3. The molecular formula is C11H10Cl2N2O2S. The topological polar surface area (TPSA) is 52.0 Å². The zero-order valence-corrected chi connectivity index (χ0v) is 12.0. The van der Waals surface area contributed by atoms with Crippen LogP contribution in [0.4, 0.5) is 0 Å². The van der Waals surface area contributed by atoms with E-state index in [0.29, 0.717) is 16.4 Å². The predicted molar refractivity (Wildman–Crippen MR) is 71.1 cm³/mol. The zero-order valence-electron chi connectivity index (χ0n) is 9.68. The minimum absolute atomic E-state index is 0.000800. The van der Waals surface area contributed by atoms with Gasteiger partial charge in [0, 0.05) is 15.7 Å². The van der Waals surface area contributed by atoms with Crippen LogP contribution < -0.4 is 0 Å². The lowest BCUT2D eigenvalue weighted by Gasteiger charge is -2.06. The van der Waals surface area contributed by atoms with E-state index in [1.54, 1.807) is 13.0 Å². The van der Waals surface area contributed by atoms with Gasteiger partial charge in [0.05, 0.1) is 17.6 Å². The van der Waals surface area contributed by atoms with Gasteiger partial charge in [-0.1, -0.05) is 17.7 Å². The maximum Gasteiger partial charge on any atom is 0.264 e. The summed E-state index contributed by atoms with van der Waals surface area (Å²) in [6, 6.07) is 5.38. The number of aromatic nitrogens is 2. The first-order chi connectivity index (χ1) is 8.30. The monoisotopic (exact) mass is 304 g/mol. The molecule has 7 heteroatoms. The molecule has 0 aliphatic carbocycles. The summed E-state index contributed by atoms with van der Waals surface area (Å²) in [6.45, 7) is 3.52. The summed E-state index contributed by atoms with van der Waals surface area (Å²) in [7, 11) is 1.53. The van der Waals surface area contributed by atoms with Crippen LogP contribution in [0.1, 0.15) is 11.3 Å². The number of nitrogens with zero attached hydrogens (tertiary/aromatic N) is 2. The second-order valence-corrected chi connectivity index (χ2v) is 6.82. The van der Waals surface area contributed by atoms with Crippen LogP contribution in [0.25, 0.3) is 5.69 Å². The molecule has 0 saturated carbocycles. The Labute approximate surface area is 115 Å². The molecule has 0 unspecified atom stereocenters. The molecule has 0 aliphatic rings. The second kappa shape index (κ2) is 4.57. The highest BCUT2D eigenvalue weighted by Gasteiger charge is 2.18. The van der Waals surface area contributed by atoms with E-state index in [4.69, 9.17) is 22.3 Å². The molecule has 0 atom stereocenters. The summed E-state index contributed by atoms with van der Waals surface area (Å²) in [5.41, 5.74) is 2.08. The van der Waals surface area contributed by atoms with Gasteiger partial charge in [-0.05, 0) is 31.5 Å². The lowest BCUT2D eigenvalue weighted by atomic mass is 10.2. The number of hydrogen-bond acceptors (Lipinski definition) is 3. The van der Waals surface area contributed by atoms with Crippen molar-refractivity contribution in [3.63, 3.8) is 0 Å². The van der Waals surface area contributed by atoms with Gasteiger partial charge in [0.2, 0.25) is 0 Å². The van der Waals surface area contributed by atoms with Crippen LogP contribution in [0.2, 0.25) is 5.02 Å². The molecule has 0 radical (unpaired) electrons. The Hall–Kier alpha value is -1.04. The molecular weight excluding hydrogens is 295 g/mol. The van der Waals surface area contributed by atoms with Crippen molar-refractivity contribution >= 4 is 31.3 Å². The highest BCUT2D eigenvalue weighted by Crippen LogP contribution is 2.24. The lowest BCUT2D eigenvalue weighted by Crippen LogP contribution is -2.00. The highest BCUT2D eigenvalue weighted by atomic mass is 35.7. The van der Waals surface area contributed by atoms with E-state index in [1.807, 2.05) is 19.1 Å². The van der Waals surface area contributed by atoms with E-state index < -0.39 is 9.05 Å². The van der Waals surface area contributed by atoms with Crippen molar-refractivity contribution in [3.8, 4) is 5.69 Å². The Kier molecular flexibility index (Phi) is 3.40. The summed E-state index contributed by atoms with van der Waals surface area (Å²) < 4.78 is 24.1. The standard InChI is InChI=1S/C11H10Cl2N2O2S/c1-7-3-4-9(5-10(7)12)15-8(2)11(6-14-15)18(13,16)17/h3-6H,1-2H3. The summed E-state index contributed by atoms with van der Waals surface area (Å²) in [5.74, 6) is 0. The average Bonchev–Trinajstić information content (AvgIpc) is 2.64. The Morgan fingerprint density at radius 1 is 1.28 bits per heavy atom. The van der Waals surface area contributed by atoms with Crippen molar-refractivity contribution in [2.45, 2.75) is 18.7 Å².